The zero-order chi connectivity index (χ0) is 23.1. The fourth-order valence-corrected chi connectivity index (χ4v) is 4.51. The molecule has 1 saturated heterocycles. The number of alkyl halides is 1. The molecule has 2 heterocycles. The lowest BCUT2D eigenvalue weighted by atomic mass is 9.92. The number of β-lactam (4-membered cyclic amide) rings is 1. The lowest BCUT2D eigenvalue weighted by Crippen LogP contribution is -2.56. The Morgan fingerprint density at radius 2 is 1.61 bits per heavy atom. The van der Waals surface area contributed by atoms with E-state index in [-0.39, 0.29) is 18.6 Å². The average molecular weight is 460 g/mol. The molecular weight excluding hydrogens is 438 g/mol. The molecule has 1 amide bonds. The third-order valence-corrected chi connectivity index (χ3v) is 6.37. The minimum atomic E-state index is -0.601. The number of aryl methyl sites for hydroxylation is 2. The van der Waals surface area contributed by atoms with Crippen molar-refractivity contribution < 1.29 is 13.9 Å². The predicted molar refractivity (Wildman–Crippen MR) is 129 cm³/mol. The first-order valence-corrected chi connectivity index (χ1v) is 11.1. The fraction of sp³-hybridized carbons (Fsp3) is 0.185. The van der Waals surface area contributed by atoms with Crippen molar-refractivity contribution in [1.82, 2.24) is 0 Å². The van der Waals surface area contributed by atoms with E-state index in [9.17, 15) is 9.59 Å². The normalized spacial score (nSPS) is 17.8. The number of hydrogen-bond donors (Lipinski definition) is 0. The van der Waals surface area contributed by atoms with Crippen LogP contribution in [0.15, 0.2) is 82.0 Å². The van der Waals surface area contributed by atoms with Crippen LogP contribution in [0.3, 0.4) is 0 Å². The van der Waals surface area contributed by atoms with Crippen molar-refractivity contribution in [3.05, 3.63) is 105 Å². The van der Waals surface area contributed by atoms with E-state index in [4.69, 9.17) is 20.8 Å². The molecule has 3 aromatic carbocycles. The molecule has 0 radical (unpaired) electrons. The molecular formula is C27H22ClNO4. The smallest absolute Gasteiger partial charge is 0.336 e. The van der Waals surface area contributed by atoms with Crippen LogP contribution < -0.4 is 15.3 Å². The van der Waals surface area contributed by atoms with Gasteiger partial charge in [-0.25, -0.2) is 4.79 Å². The lowest BCUT2D eigenvalue weighted by Gasteiger charge is -2.44. The first-order chi connectivity index (χ1) is 15.9. The van der Waals surface area contributed by atoms with Gasteiger partial charge in [-0.2, -0.15) is 0 Å². The molecule has 0 N–H and O–H groups in total. The second kappa shape index (κ2) is 8.41. The molecule has 0 spiro atoms. The van der Waals surface area contributed by atoms with Crippen LogP contribution in [0.4, 0.5) is 5.69 Å². The van der Waals surface area contributed by atoms with Crippen LogP contribution in [0.25, 0.3) is 11.0 Å². The van der Waals surface area contributed by atoms with Crippen molar-refractivity contribution in [2.75, 3.05) is 4.90 Å². The third-order valence-electron chi connectivity index (χ3n) is 5.94. The molecule has 1 aliphatic heterocycles. The second-order valence-electron chi connectivity index (χ2n) is 8.34. The summed E-state index contributed by atoms with van der Waals surface area (Å²) in [6, 6.07) is 22.4. The van der Waals surface area contributed by atoms with E-state index in [1.807, 2.05) is 80.6 Å². The highest BCUT2D eigenvalue weighted by Crippen LogP contribution is 2.42. The molecule has 4 aromatic rings. The highest BCUT2D eigenvalue weighted by Gasteiger charge is 2.47. The molecule has 0 aliphatic carbocycles. The predicted octanol–water partition coefficient (Wildman–Crippen LogP) is 5.68. The van der Waals surface area contributed by atoms with Gasteiger partial charge in [0.05, 0.1) is 6.04 Å². The Balaban J connectivity index is 1.34. The topological polar surface area (TPSA) is 59.8 Å². The summed E-state index contributed by atoms with van der Waals surface area (Å²) in [7, 11) is 0. The summed E-state index contributed by atoms with van der Waals surface area (Å²) in [6.07, 6.45) is 0. The van der Waals surface area contributed by atoms with Crippen molar-refractivity contribution >= 4 is 34.2 Å². The standard InChI is InChI=1S/C27H22ClNO4/c1-16-3-8-20(9-4-16)29-26(25(28)27(29)31)18-6-10-21(11-7-18)32-15-19-14-24(30)33-23-13-17(2)5-12-22(19)23/h3-14,25-26H,15H2,1-2H3. The number of ether oxygens (including phenoxy) is 1. The summed E-state index contributed by atoms with van der Waals surface area (Å²) in [5, 5.41) is 0.250. The fourth-order valence-electron chi connectivity index (χ4n) is 4.14. The van der Waals surface area contributed by atoms with Gasteiger partial charge in [0.2, 0.25) is 5.91 Å². The van der Waals surface area contributed by atoms with E-state index in [0.29, 0.717) is 11.3 Å². The van der Waals surface area contributed by atoms with Gasteiger partial charge in [0.15, 0.2) is 0 Å². The van der Waals surface area contributed by atoms with E-state index in [1.165, 1.54) is 6.07 Å². The Kier molecular flexibility index (Phi) is 5.43. The van der Waals surface area contributed by atoms with Gasteiger partial charge >= 0.3 is 5.63 Å². The van der Waals surface area contributed by atoms with Crippen LogP contribution in [-0.4, -0.2) is 11.3 Å². The Labute approximate surface area is 196 Å². The van der Waals surface area contributed by atoms with E-state index in [0.717, 1.165) is 33.3 Å². The van der Waals surface area contributed by atoms with E-state index in [2.05, 4.69) is 0 Å². The van der Waals surface area contributed by atoms with Crippen molar-refractivity contribution in [1.29, 1.82) is 0 Å². The van der Waals surface area contributed by atoms with Gasteiger partial charge in [-0.3, -0.25) is 4.79 Å². The quantitative estimate of drug-likeness (QED) is 0.219. The number of hydrogen-bond acceptors (Lipinski definition) is 4. The maximum Gasteiger partial charge on any atom is 0.336 e. The maximum atomic E-state index is 12.4. The van der Waals surface area contributed by atoms with Gasteiger partial charge in [0.1, 0.15) is 23.3 Å². The number of nitrogens with zero attached hydrogens (tertiary/aromatic N) is 1. The number of benzene rings is 3. The molecule has 1 aromatic heterocycles. The monoisotopic (exact) mass is 459 g/mol. The van der Waals surface area contributed by atoms with Gasteiger partial charge in [-0.05, 0) is 55.3 Å². The Bertz CT molecular complexity index is 1390. The van der Waals surface area contributed by atoms with E-state index < -0.39 is 11.0 Å². The molecule has 2 atom stereocenters. The Morgan fingerprint density at radius 1 is 0.909 bits per heavy atom. The number of carbonyl (C=O) groups excluding carboxylic acids is 1. The lowest BCUT2D eigenvalue weighted by molar-refractivity contribution is -0.123. The largest absolute Gasteiger partial charge is 0.489 e. The van der Waals surface area contributed by atoms with Gasteiger partial charge in [0.25, 0.3) is 0 Å². The second-order valence-corrected chi connectivity index (χ2v) is 8.81. The molecule has 2 unspecified atom stereocenters. The third kappa shape index (κ3) is 4.00. The molecule has 33 heavy (non-hydrogen) atoms. The van der Waals surface area contributed by atoms with Crippen LogP contribution >= 0.6 is 11.6 Å². The zero-order valence-electron chi connectivity index (χ0n) is 18.2. The van der Waals surface area contributed by atoms with E-state index >= 15 is 0 Å². The van der Waals surface area contributed by atoms with Crippen LogP contribution in [-0.2, 0) is 11.4 Å². The Hall–Kier alpha value is -3.57. The number of amides is 1. The van der Waals surface area contributed by atoms with Crippen molar-refractivity contribution in [3.63, 3.8) is 0 Å². The first kappa shape index (κ1) is 21.3. The van der Waals surface area contributed by atoms with Crippen LogP contribution in [0.5, 0.6) is 5.75 Å². The minimum absolute atomic E-state index is 0.101. The Morgan fingerprint density at radius 3 is 2.33 bits per heavy atom. The molecule has 1 fully saturated rings. The van der Waals surface area contributed by atoms with Crippen LogP contribution in [0.2, 0.25) is 0 Å². The first-order valence-electron chi connectivity index (χ1n) is 10.7. The molecule has 6 heteroatoms. The number of anilines is 1. The minimum Gasteiger partial charge on any atom is -0.489 e. The summed E-state index contributed by atoms with van der Waals surface area (Å²) in [6.45, 7) is 4.19. The van der Waals surface area contributed by atoms with Crippen LogP contribution in [0, 0.1) is 13.8 Å². The summed E-state index contributed by atoms with van der Waals surface area (Å²) in [5.74, 6) is 0.557. The number of carbonyl (C=O) groups is 1. The molecule has 0 bridgehead atoms. The van der Waals surface area contributed by atoms with Gasteiger partial charge in [-0.1, -0.05) is 42.0 Å². The van der Waals surface area contributed by atoms with Crippen LogP contribution in [0.1, 0.15) is 28.3 Å². The van der Waals surface area contributed by atoms with Gasteiger partial charge < -0.3 is 14.1 Å². The van der Waals surface area contributed by atoms with Crippen molar-refractivity contribution in [3.8, 4) is 5.75 Å². The number of rotatable bonds is 5. The highest BCUT2D eigenvalue weighted by molar-refractivity contribution is 6.37. The summed E-state index contributed by atoms with van der Waals surface area (Å²) in [4.78, 5) is 26.1. The molecule has 5 nitrogen and oxygen atoms in total. The molecule has 0 saturated carbocycles. The summed E-state index contributed by atoms with van der Waals surface area (Å²) in [5.41, 5.74) is 4.83. The SMILES string of the molecule is Cc1ccc(N2C(=O)C(Cl)C2c2ccc(OCc3cc(=O)oc4cc(C)ccc34)cc2)cc1. The molecule has 5 rings (SSSR count). The summed E-state index contributed by atoms with van der Waals surface area (Å²) < 4.78 is 11.3. The zero-order valence-corrected chi connectivity index (χ0v) is 19.0. The van der Waals surface area contributed by atoms with Crippen molar-refractivity contribution in [2.45, 2.75) is 31.9 Å². The highest BCUT2D eigenvalue weighted by atomic mass is 35.5. The summed E-state index contributed by atoms with van der Waals surface area (Å²) >= 11 is 6.38. The average Bonchev–Trinajstić information content (AvgIpc) is 2.81. The maximum absolute atomic E-state index is 12.4. The van der Waals surface area contributed by atoms with Gasteiger partial charge in [-0.15, -0.1) is 11.6 Å². The van der Waals surface area contributed by atoms with Gasteiger partial charge in [0, 0.05) is 22.7 Å². The number of halogens is 1. The number of fused-ring (bicyclic) bond motifs is 1. The van der Waals surface area contributed by atoms with E-state index in [1.54, 1.807) is 4.90 Å². The molecule has 1 aliphatic rings. The molecule has 166 valence electrons. The van der Waals surface area contributed by atoms with Crippen molar-refractivity contribution in [2.24, 2.45) is 0 Å².